The first-order chi connectivity index (χ1) is 8.37. The summed E-state index contributed by atoms with van der Waals surface area (Å²) in [7, 11) is -3.06. The number of nitrogens with one attached hydrogen (secondary N) is 1. The van der Waals surface area contributed by atoms with E-state index in [2.05, 4.69) is 5.32 Å². The van der Waals surface area contributed by atoms with Crippen LogP contribution in [-0.4, -0.2) is 25.8 Å². The van der Waals surface area contributed by atoms with Gasteiger partial charge in [0.15, 0.2) is 9.84 Å². The molecule has 18 heavy (non-hydrogen) atoms. The smallest absolute Gasteiger partial charge is 0.228 e. The molecule has 1 heterocycles. The number of hydrogen-bond donors (Lipinski definition) is 2. The number of nitrogens with two attached hydrogens (primary N) is 1. The molecule has 0 aliphatic carbocycles. The summed E-state index contributed by atoms with van der Waals surface area (Å²) in [4.78, 5) is 11.9. The molecule has 1 amide bonds. The number of amides is 1. The topological polar surface area (TPSA) is 89.3 Å². The molecular weight excluding hydrogens is 276 g/mol. The molecule has 1 aromatic rings. The van der Waals surface area contributed by atoms with Crippen LogP contribution in [0.1, 0.15) is 6.42 Å². The van der Waals surface area contributed by atoms with E-state index in [1.807, 2.05) is 0 Å². The molecule has 1 fully saturated rings. The summed E-state index contributed by atoms with van der Waals surface area (Å²) in [6.07, 6.45) is 0.363. The zero-order chi connectivity index (χ0) is 13.3. The van der Waals surface area contributed by atoms with Gasteiger partial charge in [0.1, 0.15) is 0 Å². The quantitative estimate of drug-likeness (QED) is 0.803. The standard InChI is InChI=1S/C11H13ClN2O3S/c12-8-1-2-10(9(13)5-8)14-11(15)7-3-4-18(16,17)6-7/h1-2,5,7H,3-4,6,13H2,(H,14,15). The highest BCUT2D eigenvalue weighted by atomic mass is 35.5. The highest BCUT2D eigenvalue weighted by Crippen LogP contribution is 2.25. The van der Waals surface area contributed by atoms with Gasteiger partial charge in [-0.05, 0) is 24.6 Å². The first kappa shape index (κ1) is 13.2. The third-order valence-corrected chi connectivity index (χ3v) is 4.88. The van der Waals surface area contributed by atoms with Crippen molar-refractivity contribution >= 4 is 38.7 Å². The van der Waals surface area contributed by atoms with E-state index in [1.165, 1.54) is 6.07 Å². The summed E-state index contributed by atoms with van der Waals surface area (Å²) in [5.74, 6) is -0.830. The predicted molar refractivity (Wildman–Crippen MR) is 71.3 cm³/mol. The monoisotopic (exact) mass is 288 g/mol. The van der Waals surface area contributed by atoms with Crippen LogP contribution in [0.15, 0.2) is 18.2 Å². The Balaban J connectivity index is 2.08. The van der Waals surface area contributed by atoms with E-state index in [0.29, 0.717) is 22.8 Å². The molecule has 0 saturated carbocycles. The van der Waals surface area contributed by atoms with Gasteiger partial charge in [0.2, 0.25) is 5.91 Å². The van der Waals surface area contributed by atoms with Crippen molar-refractivity contribution in [2.45, 2.75) is 6.42 Å². The van der Waals surface area contributed by atoms with E-state index in [-0.39, 0.29) is 17.4 Å². The lowest BCUT2D eigenvalue weighted by Gasteiger charge is -2.11. The Bertz CT molecular complexity index is 586. The van der Waals surface area contributed by atoms with Crippen molar-refractivity contribution in [3.63, 3.8) is 0 Å². The molecular formula is C11H13ClN2O3S. The van der Waals surface area contributed by atoms with E-state index in [1.54, 1.807) is 12.1 Å². The van der Waals surface area contributed by atoms with Crippen molar-refractivity contribution in [2.75, 3.05) is 22.6 Å². The van der Waals surface area contributed by atoms with Gasteiger partial charge >= 0.3 is 0 Å². The van der Waals surface area contributed by atoms with Crippen LogP contribution in [0.2, 0.25) is 5.02 Å². The Morgan fingerprint density at radius 1 is 1.44 bits per heavy atom. The van der Waals surface area contributed by atoms with Crippen molar-refractivity contribution in [1.82, 2.24) is 0 Å². The minimum Gasteiger partial charge on any atom is -0.397 e. The van der Waals surface area contributed by atoms with Gasteiger partial charge in [0.25, 0.3) is 0 Å². The minimum absolute atomic E-state index is 0.0706. The van der Waals surface area contributed by atoms with Gasteiger partial charge in [0, 0.05) is 5.02 Å². The number of carbonyl (C=O) groups is 1. The number of carbonyl (C=O) groups excluding carboxylic acids is 1. The number of halogens is 1. The number of sulfone groups is 1. The fraction of sp³-hybridized carbons (Fsp3) is 0.364. The molecule has 1 aromatic carbocycles. The summed E-state index contributed by atoms with van der Waals surface area (Å²) < 4.78 is 22.6. The molecule has 2 rings (SSSR count). The Morgan fingerprint density at radius 2 is 2.17 bits per heavy atom. The molecule has 3 N–H and O–H groups in total. The maximum absolute atomic E-state index is 11.9. The second-order valence-electron chi connectivity index (χ2n) is 4.32. The van der Waals surface area contributed by atoms with Crippen LogP contribution in [0, 0.1) is 5.92 Å². The van der Waals surface area contributed by atoms with Gasteiger partial charge in [0.05, 0.1) is 28.8 Å². The van der Waals surface area contributed by atoms with Gasteiger partial charge in [-0.3, -0.25) is 4.79 Å². The Kier molecular flexibility index (Phi) is 3.49. The third-order valence-electron chi connectivity index (χ3n) is 2.87. The second kappa shape index (κ2) is 4.78. The SMILES string of the molecule is Nc1cc(Cl)ccc1NC(=O)C1CCS(=O)(=O)C1. The zero-order valence-corrected chi connectivity index (χ0v) is 11.1. The lowest BCUT2D eigenvalue weighted by atomic mass is 10.1. The third kappa shape index (κ3) is 2.94. The normalized spacial score (nSPS) is 21.7. The van der Waals surface area contributed by atoms with Crippen molar-refractivity contribution in [3.8, 4) is 0 Å². The van der Waals surface area contributed by atoms with Gasteiger partial charge in [-0.2, -0.15) is 0 Å². The first-order valence-corrected chi connectivity index (χ1v) is 7.64. The molecule has 1 aliphatic rings. The highest BCUT2D eigenvalue weighted by Gasteiger charge is 2.33. The van der Waals surface area contributed by atoms with Crippen LogP contribution in [0.4, 0.5) is 11.4 Å². The molecule has 0 bridgehead atoms. The Labute approximate surface area is 110 Å². The van der Waals surface area contributed by atoms with Crippen molar-refractivity contribution < 1.29 is 13.2 Å². The number of hydrogen-bond acceptors (Lipinski definition) is 4. The zero-order valence-electron chi connectivity index (χ0n) is 9.52. The molecule has 98 valence electrons. The maximum atomic E-state index is 11.9. The van der Waals surface area contributed by atoms with Crippen LogP contribution < -0.4 is 11.1 Å². The van der Waals surface area contributed by atoms with Crippen molar-refractivity contribution in [3.05, 3.63) is 23.2 Å². The number of nitrogen functional groups attached to an aromatic ring is 1. The van der Waals surface area contributed by atoms with Crippen LogP contribution >= 0.6 is 11.6 Å². The highest BCUT2D eigenvalue weighted by molar-refractivity contribution is 7.91. The number of benzene rings is 1. The number of rotatable bonds is 2. The van der Waals surface area contributed by atoms with E-state index >= 15 is 0 Å². The van der Waals surface area contributed by atoms with Crippen LogP contribution in [0.5, 0.6) is 0 Å². The van der Waals surface area contributed by atoms with Gasteiger partial charge in [-0.25, -0.2) is 8.42 Å². The summed E-state index contributed by atoms with van der Waals surface area (Å²) in [6.45, 7) is 0. The first-order valence-electron chi connectivity index (χ1n) is 5.44. The minimum atomic E-state index is -3.06. The molecule has 0 aromatic heterocycles. The van der Waals surface area contributed by atoms with Crippen LogP contribution in [-0.2, 0) is 14.6 Å². The largest absolute Gasteiger partial charge is 0.397 e. The Hall–Kier alpha value is -1.27. The summed E-state index contributed by atoms with van der Waals surface area (Å²) in [5, 5.41) is 3.11. The average Bonchev–Trinajstić information content (AvgIpc) is 2.63. The molecule has 0 radical (unpaired) electrons. The molecule has 1 aliphatic heterocycles. The lowest BCUT2D eigenvalue weighted by molar-refractivity contribution is -0.119. The molecule has 7 heteroatoms. The lowest BCUT2D eigenvalue weighted by Crippen LogP contribution is -2.24. The summed E-state index contributed by atoms with van der Waals surface area (Å²) in [6, 6.07) is 4.74. The van der Waals surface area contributed by atoms with Crippen molar-refractivity contribution in [1.29, 1.82) is 0 Å². The maximum Gasteiger partial charge on any atom is 0.228 e. The second-order valence-corrected chi connectivity index (χ2v) is 6.99. The molecule has 1 atom stereocenters. The summed E-state index contributed by atoms with van der Waals surface area (Å²) >= 11 is 5.75. The molecule has 0 spiro atoms. The fourth-order valence-corrected chi connectivity index (χ4v) is 3.81. The van der Waals surface area contributed by atoms with Crippen LogP contribution in [0.25, 0.3) is 0 Å². The fourth-order valence-electron chi connectivity index (χ4n) is 1.88. The van der Waals surface area contributed by atoms with Crippen LogP contribution in [0.3, 0.4) is 0 Å². The van der Waals surface area contributed by atoms with Crippen molar-refractivity contribution in [2.24, 2.45) is 5.92 Å². The summed E-state index contributed by atoms with van der Waals surface area (Å²) in [5.41, 5.74) is 6.51. The van der Waals surface area contributed by atoms with E-state index in [4.69, 9.17) is 17.3 Å². The predicted octanol–water partition coefficient (Wildman–Crippen LogP) is 1.30. The van der Waals surface area contributed by atoms with E-state index in [0.717, 1.165) is 0 Å². The van der Waals surface area contributed by atoms with E-state index in [9.17, 15) is 13.2 Å². The van der Waals surface area contributed by atoms with Gasteiger partial charge in [-0.1, -0.05) is 11.6 Å². The number of anilines is 2. The van der Waals surface area contributed by atoms with Gasteiger partial charge < -0.3 is 11.1 Å². The Morgan fingerprint density at radius 3 is 2.72 bits per heavy atom. The molecule has 1 saturated heterocycles. The van der Waals surface area contributed by atoms with Gasteiger partial charge in [-0.15, -0.1) is 0 Å². The van der Waals surface area contributed by atoms with E-state index < -0.39 is 15.8 Å². The molecule has 5 nitrogen and oxygen atoms in total. The average molecular weight is 289 g/mol. The molecule has 1 unspecified atom stereocenters.